The highest BCUT2D eigenvalue weighted by Crippen LogP contribution is 2.53. The second-order valence-corrected chi connectivity index (χ2v) is 14.0. The lowest BCUT2D eigenvalue weighted by molar-refractivity contribution is 0.661. The summed E-state index contributed by atoms with van der Waals surface area (Å²) in [4.78, 5) is 0. The van der Waals surface area contributed by atoms with E-state index in [4.69, 9.17) is 0 Å². The quantitative estimate of drug-likeness (QED) is 0.136. The van der Waals surface area contributed by atoms with E-state index >= 15 is 0 Å². The van der Waals surface area contributed by atoms with Gasteiger partial charge in [-0.3, -0.25) is 0 Å². The fourth-order valence-corrected chi connectivity index (χ4v) is 8.77. The number of hydrogen-bond donors (Lipinski definition) is 0. The molecule has 0 radical (unpaired) electrons. The Balaban J connectivity index is 1.22. The van der Waals surface area contributed by atoms with E-state index in [2.05, 4.69) is 184 Å². The van der Waals surface area contributed by atoms with Crippen molar-refractivity contribution in [2.24, 2.45) is 0 Å². The van der Waals surface area contributed by atoms with Gasteiger partial charge in [0.15, 0.2) is 0 Å². The van der Waals surface area contributed by atoms with E-state index in [1.807, 2.05) is 0 Å². The maximum Gasteiger partial charge on any atom is 0.0159 e. The van der Waals surface area contributed by atoms with Gasteiger partial charge in [-0.15, -0.1) is 0 Å². The number of rotatable bonds is 3. The van der Waals surface area contributed by atoms with Crippen molar-refractivity contribution in [1.82, 2.24) is 0 Å². The third kappa shape index (κ3) is 4.04. The number of hydrogen-bond acceptors (Lipinski definition) is 0. The summed E-state index contributed by atoms with van der Waals surface area (Å²) in [6.45, 7) is 4.75. The number of benzene rings is 9. The fraction of sp³-hybridized carbons (Fsp3) is 0.0612. The maximum atomic E-state index is 2.47. The molecule has 0 saturated carbocycles. The van der Waals surface area contributed by atoms with Gasteiger partial charge in [0.2, 0.25) is 0 Å². The van der Waals surface area contributed by atoms with E-state index in [-0.39, 0.29) is 5.41 Å². The second-order valence-electron chi connectivity index (χ2n) is 14.0. The van der Waals surface area contributed by atoms with Crippen LogP contribution < -0.4 is 0 Å². The molecule has 0 bridgehead atoms. The Morgan fingerprint density at radius 2 is 0.878 bits per heavy atom. The second kappa shape index (κ2) is 10.5. The monoisotopic (exact) mass is 622 g/mol. The van der Waals surface area contributed by atoms with Gasteiger partial charge in [0.05, 0.1) is 0 Å². The molecule has 0 saturated heterocycles. The first-order valence-electron chi connectivity index (χ1n) is 17.3. The molecule has 230 valence electrons. The van der Waals surface area contributed by atoms with Crippen LogP contribution in [0.25, 0.3) is 87.6 Å². The van der Waals surface area contributed by atoms with Gasteiger partial charge in [0.25, 0.3) is 0 Å². The van der Waals surface area contributed by atoms with Crippen LogP contribution in [0.5, 0.6) is 0 Å². The average molecular weight is 623 g/mol. The van der Waals surface area contributed by atoms with Gasteiger partial charge < -0.3 is 0 Å². The lowest BCUT2D eigenvalue weighted by Crippen LogP contribution is -2.15. The standard InChI is InChI=1S/C49H34/c1-49(2)43-23-13-12-22-40(43)47-37-19-9-8-18-36(37)42(30-44(47)49)32-24-26-34(27-25-32)45-38-20-10-11-21-39(38)46(33-15-4-3-5-16-33)48-35-17-7-6-14-31(35)28-29-41(45)48/h3-30H,1-2H3. The fourth-order valence-electron chi connectivity index (χ4n) is 8.77. The van der Waals surface area contributed by atoms with Crippen molar-refractivity contribution >= 4 is 43.1 Å². The molecule has 0 atom stereocenters. The molecule has 0 fully saturated rings. The summed E-state index contributed by atoms with van der Waals surface area (Å²) in [5, 5.41) is 10.3. The first-order chi connectivity index (χ1) is 24.1. The van der Waals surface area contributed by atoms with Crippen molar-refractivity contribution in [3.05, 3.63) is 181 Å². The largest absolute Gasteiger partial charge is 0.0622 e. The predicted molar refractivity (Wildman–Crippen MR) is 210 cm³/mol. The van der Waals surface area contributed by atoms with Crippen LogP contribution in [0.15, 0.2) is 170 Å². The van der Waals surface area contributed by atoms with Gasteiger partial charge in [-0.25, -0.2) is 0 Å². The lowest BCUT2D eigenvalue weighted by Gasteiger charge is -2.23. The zero-order chi connectivity index (χ0) is 32.7. The molecule has 0 spiro atoms. The van der Waals surface area contributed by atoms with Crippen LogP contribution in [0.1, 0.15) is 25.0 Å². The molecule has 9 aromatic carbocycles. The molecule has 0 aromatic heterocycles. The van der Waals surface area contributed by atoms with Gasteiger partial charge in [0, 0.05) is 5.41 Å². The van der Waals surface area contributed by atoms with Gasteiger partial charge in [-0.2, -0.15) is 0 Å². The maximum absolute atomic E-state index is 2.47. The molecule has 1 aliphatic carbocycles. The van der Waals surface area contributed by atoms with Crippen molar-refractivity contribution in [2.45, 2.75) is 19.3 Å². The molecule has 0 heteroatoms. The molecule has 9 aromatic rings. The zero-order valence-electron chi connectivity index (χ0n) is 27.7. The van der Waals surface area contributed by atoms with Crippen molar-refractivity contribution in [1.29, 1.82) is 0 Å². The van der Waals surface area contributed by atoms with Gasteiger partial charge >= 0.3 is 0 Å². The Bertz CT molecular complexity index is 2760. The molecular weight excluding hydrogens is 589 g/mol. The predicted octanol–water partition coefficient (Wildman–Crippen LogP) is 13.6. The van der Waals surface area contributed by atoms with Gasteiger partial charge in [-0.05, 0) is 105 Å². The van der Waals surface area contributed by atoms with Crippen molar-refractivity contribution in [3.63, 3.8) is 0 Å². The summed E-state index contributed by atoms with van der Waals surface area (Å²) in [7, 11) is 0. The van der Waals surface area contributed by atoms with Crippen LogP contribution in [-0.4, -0.2) is 0 Å². The molecule has 0 aliphatic heterocycles. The molecule has 0 nitrogen and oxygen atoms in total. The Labute approximate surface area is 286 Å². The minimum atomic E-state index is -0.0637. The van der Waals surface area contributed by atoms with Crippen LogP contribution in [-0.2, 0) is 5.41 Å². The Morgan fingerprint density at radius 3 is 1.63 bits per heavy atom. The first-order valence-corrected chi connectivity index (χ1v) is 17.3. The van der Waals surface area contributed by atoms with E-state index in [1.165, 1.54) is 98.7 Å². The third-order valence-corrected chi connectivity index (χ3v) is 11.0. The summed E-state index contributed by atoms with van der Waals surface area (Å²) in [5.74, 6) is 0. The van der Waals surface area contributed by atoms with E-state index < -0.39 is 0 Å². The normalized spacial score (nSPS) is 13.3. The molecule has 10 rings (SSSR count). The molecule has 0 N–H and O–H groups in total. The lowest BCUT2D eigenvalue weighted by atomic mass is 9.80. The Kier molecular flexibility index (Phi) is 6.02. The Morgan fingerprint density at radius 1 is 0.327 bits per heavy atom. The van der Waals surface area contributed by atoms with E-state index in [0.717, 1.165) is 0 Å². The highest BCUT2D eigenvalue weighted by atomic mass is 14.4. The molecular formula is C49H34. The molecule has 0 amide bonds. The van der Waals surface area contributed by atoms with Gasteiger partial charge in [0.1, 0.15) is 0 Å². The van der Waals surface area contributed by atoms with Crippen molar-refractivity contribution in [2.75, 3.05) is 0 Å². The smallest absolute Gasteiger partial charge is 0.0159 e. The Hall–Kier alpha value is -5.98. The molecule has 0 unspecified atom stereocenters. The third-order valence-electron chi connectivity index (χ3n) is 11.0. The van der Waals surface area contributed by atoms with Crippen LogP contribution in [0.4, 0.5) is 0 Å². The van der Waals surface area contributed by atoms with E-state index in [0.29, 0.717) is 0 Å². The van der Waals surface area contributed by atoms with Crippen LogP contribution in [0, 0.1) is 0 Å². The summed E-state index contributed by atoms with van der Waals surface area (Å²) >= 11 is 0. The summed E-state index contributed by atoms with van der Waals surface area (Å²) < 4.78 is 0. The van der Waals surface area contributed by atoms with Crippen molar-refractivity contribution < 1.29 is 0 Å². The van der Waals surface area contributed by atoms with Crippen LogP contribution in [0.3, 0.4) is 0 Å². The summed E-state index contributed by atoms with van der Waals surface area (Å²) in [6, 6.07) is 63.0. The SMILES string of the molecule is CC1(C)c2ccccc2-c2c1cc(-c1ccc(-c3c4ccccc4c(-c4ccccc4)c4c3ccc3ccccc34)cc1)c1ccccc21. The molecule has 0 heterocycles. The van der Waals surface area contributed by atoms with Crippen LogP contribution in [0.2, 0.25) is 0 Å². The van der Waals surface area contributed by atoms with Gasteiger partial charge in [-0.1, -0.05) is 178 Å². The van der Waals surface area contributed by atoms with Crippen LogP contribution >= 0.6 is 0 Å². The summed E-state index contributed by atoms with van der Waals surface area (Å²) in [6.07, 6.45) is 0. The average Bonchev–Trinajstić information content (AvgIpc) is 3.39. The highest BCUT2D eigenvalue weighted by molar-refractivity contribution is 6.28. The summed E-state index contributed by atoms with van der Waals surface area (Å²) in [5.41, 5.74) is 13.1. The zero-order valence-corrected chi connectivity index (χ0v) is 27.7. The topological polar surface area (TPSA) is 0 Å². The number of fused-ring (bicyclic) bond motifs is 9. The first kappa shape index (κ1) is 28.1. The minimum absolute atomic E-state index is 0.0637. The molecule has 49 heavy (non-hydrogen) atoms. The van der Waals surface area contributed by atoms with E-state index in [9.17, 15) is 0 Å². The minimum Gasteiger partial charge on any atom is -0.0622 e. The van der Waals surface area contributed by atoms with Crippen molar-refractivity contribution in [3.8, 4) is 44.5 Å². The molecule has 1 aliphatic rings. The highest BCUT2D eigenvalue weighted by Gasteiger charge is 2.37. The van der Waals surface area contributed by atoms with E-state index in [1.54, 1.807) is 0 Å².